The lowest BCUT2D eigenvalue weighted by atomic mass is 10.1. The Hall–Kier alpha value is -1.46. The largest absolute Gasteiger partial charge is 0.495 e. The fourth-order valence-corrected chi connectivity index (χ4v) is 9.77. The van der Waals surface area contributed by atoms with Gasteiger partial charge in [0, 0.05) is 17.5 Å². The zero-order valence-corrected chi connectivity index (χ0v) is 20.9. The minimum Gasteiger partial charge on any atom is -0.495 e. The molecule has 1 aliphatic rings. The van der Waals surface area contributed by atoms with Gasteiger partial charge in [0.05, 0.1) is 29.9 Å². The Labute approximate surface area is 189 Å². The van der Waals surface area contributed by atoms with E-state index in [4.69, 9.17) is 4.74 Å². The summed E-state index contributed by atoms with van der Waals surface area (Å²) in [7, 11) is -2.11. The molecule has 10 heteroatoms. The van der Waals surface area contributed by atoms with Crippen LogP contribution in [0.1, 0.15) is 22.0 Å². The molecule has 0 radical (unpaired) electrons. The summed E-state index contributed by atoms with van der Waals surface area (Å²) in [5, 5.41) is 4.18. The fourth-order valence-electron chi connectivity index (χ4n) is 3.90. The summed E-state index contributed by atoms with van der Waals surface area (Å²) in [5.74, 6) is -0.348. The van der Waals surface area contributed by atoms with Crippen LogP contribution in [0.15, 0.2) is 34.5 Å². The number of nitrogens with one attached hydrogen (secondary N) is 1. The Bertz CT molecular complexity index is 1130. The van der Waals surface area contributed by atoms with Crippen LogP contribution in [0.3, 0.4) is 0 Å². The molecule has 1 fully saturated rings. The molecule has 31 heavy (non-hydrogen) atoms. The van der Waals surface area contributed by atoms with Crippen LogP contribution < -0.4 is 10.1 Å². The number of hydrogen-bond acceptors (Lipinski definition) is 8. The van der Waals surface area contributed by atoms with Crippen molar-refractivity contribution in [3.8, 4) is 5.75 Å². The fraction of sp³-hybridized carbons (Fsp3) is 0.524. The molecule has 2 aromatic rings. The van der Waals surface area contributed by atoms with Crippen LogP contribution in [0.25, 0.3) is 0 Å². The van der Waals surface area contributed by atoms with Crippen LogP contribution >= 0.6 is 11.3 Å². The molecular weight excluding hydrogens is 456 g/mol. The van der Waals surface area contributed by atoms with Crippen LogP contribution in [-0.4, -0.2) is 72.3 Å². The molecule has 1 saturated heterocycles. The zero-order chi connectivity index (χ0) is 23.0. The van der Waals surface area contributed by atoms with Crippen LogP contribution in [0.4, 0.5) is 0 Å². The van der Waals surface area contributed by atoms with Crippen LogP contribution in [0, 0.1) is 13.8 Å². The normalized spacial score (nSPS) is 22.0. The van der Waals surface area contributed by atoms with Crippen LogP contribution in [0.2, 0.25) is 0 Å². The van der Waals surface area contributed by atoms with E-state index in [0.29, 0.717) is 6.54 Å². The van der Waals surface area contributed by atoms with Crippen LogP contribution in [0.5, 0.6) is 5.75 Å². The van der Waals surface area contributed by atoms with Gasteiger partial charge in [-0.3, -0.25) is 0 Å². The maximum absolute atomic E-state index is 13.6. The lowest BCUT2D eigenvalue weighted by Crippen LogP contribution is -2.46. The molecule has 0 spiro atoms. The second kappa shape index (κ2) is 9.19. The minimum absolute atomic E-state index is 0.0165. The van der Waals surface area contributed by atoms with Crippen molar-refractivity contribution in [2.75, 3.05) is 39.3 Å². The summed E-state index contributed by atoms with van der Waals surface area (Å²) in [6.07, 6.45) is 0. The van der Waals surface area contributed by atoms with Gasteiger partial charge in [-0.2, -0.15) is 0 Å². The van der Waals surface area contributed by atoms with Crippen LogP contribution in [-0.2, 0) is 19.7 Å². The average molecular weight is 487 g/mol. The van der Waals surface area contributed by atoms with Gasteiger partial charge in [0.25, 0.3) is 0 Å². The van der Waals surface area contributed by atoms with Crippen molar-refractivity contribution in [2.45, 2.75) is 36.1 Å². The number of aryl methyl sites for hydroxylation is 2. The second-order valence-electron chi connectivity index (χ2n) is 8.26. The number of nitrogens with zero attached hydrogens (tertiary/aromatic N) is 1. The van der Waals surface area contributed by atoms with Gasteiger partial charge in [0.15, 0.2) is 19.7 Å². The molecule has 1 aliphatic heterocycles. The average Bonchev–Trinajstić information content (AvgIpc) is 3.31. The predicted molar refractivity (Wildman–Crippen MR) is 125 cm³/mol. The van der Waals surface area contributed by atoms with Gasteiger partial charge in [-0.05, 0) is 62.6 Å². The number of ether oxygens (including phenoxy) is 1. The number of sulfone groups is 2. The highest BCUT2D eigenvalue weighted by atomic mass is 32.2. The van der Waals surface area contributed by atoms with E-state index >= 15 is 0 Å². The lowest BCUT2D eigenvalue weighted by Gasteiger charge is -2.27. The molecule has 0 saturated carbocycles. The first-order valence-corrected chi connectivity index (χ1v) is 14.2. The third-order valence-corrected chi connectivity index (χ3v) is 11.0. The first-order chi connectivity index (χ1) is 14.5. The Balaban J connectivity index is 1.92. The number of rotatable bonds is 8. The smallest absolute Gasteiger partial charge is 0.187 e. The van der Waals surface area contributed by atoms with Crippen molar-refractivity contribution in [2.24, 2.45) is 0 Å². The molecule has 1 aromatic carbocycles. The summed E-state index contributed by atoms with van der Waals surface area (Å²) in [6.45, 7) is 4.16. The van der Waals surface area contributed by atoms with Gasteiger partial charge >= 0.3 is 0 Å². The summed E-state index contributed by atoms with van der Waals surface area (Å²) < 4.78 is 57.5. The van der Waals surface area contributed by atoms with Crippen molar-refractivity contribution >= 4 is 31.0 Å². The molecule has 0 amide bonds. The van der Waals surface area contributed by atoms with Crippen molar-refractivity contribution < 1.29 is 21.6 Å². The molecule has 3 atom stereocenters. The first-order valence-electron chi connectivity index (χ1n) is 9.99. The SMILES string of the molecule is COc1cc(C)c(C)cc1S(=O)(=O)[C@H]1CS(=O)(=O)C[C@@H]1NCC(c1cccs1)N(C)C. The summed E-state index contributed by atoms with van der Waals surface area (Å²) in [6, 6.07) is 6.59. The van der Waals surface area contributed by atoms with Crippen molar-refractivity contribution in [1.29, 1.82) is 0 Å². The Kier molecular flexibility index (Phi) is 7.17. The number of methoxy groups -OCH3 is 1. The van der Waals surface area contributed by atoms with E-state index in [0.717, 1.165) is 16.0 Å². The van der Waals surface area contributed by atoms with Crippen molar-refractivity contribution in [3.05, 3.63) is 45.6 Å². The Morgan fingerprint density at radius 2 is 1.90 bits per heavy atom. The van der Waals surface area contributed by atoms with Gasteiger partial charge < -0.3 is 15.0 Å². The highest BCUT2D eigenvalue weighted by Crippen LogP contribution is 2.34. The number of benzene rings is 1. The summed E-state index contributed by atoms with van der Waals surface area (Å²) >= 11 is 1.62. The molecule has 0 aliphatic carbocycles. The molecule has 172 valence electrons. The highest BCUT2D eigenvalue weighted by Gasteiger charge is 2.46. The van der Waals surface area contributed by atoms with Crippen molar-refractivity contribution in [3.63, 3.8) is 0 Å². The monoisotopic (exact) mass is 486 g/mol. The standard InChI is InChI=1S/C21H30N2O5S3/c1-14-9-18(28-5)20(10-15(14)2)31(26,27)21-13-30(24,25)12-16(21)22-11-17(23(3)4)19-7-6-8-29-19/h6-10,16-17,21-22H,11-13H2,1-5H3/t16-,17?,21-/m0/s1. The second-order valence-corrected chi connectivity index (χ2v) is 13.5. The molecule has 3 rings (SSSR count). The molecular formula is C21H30N2O5S3. The van der Waals surface area contributed by atoms with E-state index < -0.39 is 36.7 Å². The van der Waals surface area contributed by atoms with E-state index in [2.05, 4.69) is 5.32 Å². The van der Waals surface area contributed by atoms with Crippen molar-refractivity contribution in [1.82, 2.24) is 10.2 Å². The van der Waals surface area contributed by atoms with Gasteiger partial charge in [-0.15, -0.1) is 11.3 Å². The lowest BCUT2D eigenvalue weighted by molar-refractivity contribution is 0.285. The van der Waals surface area contributed by atoms with Gasteiger partial charge in [0.1, 0.15) is 10.6 Å². The number of hydrogen-bond donors (Lipinski definition) is 1. The first kappa shape index (κ1) is 24.2. The Morgan fingerprint density at radius 1 is 1.23 bits per heavy atom. The quantitative estimate of drug-likeness (QED) is 0.611. The van der Waals surface area contributed by atoms with E-state index in [1.165, 1.54) is 7.11 Å². The maximum atomic E-state index is 13.6. The van der Waals surface area contributed by atoms with E-state index in [1.807, 2.05) is 50.4 Å². The molecule has 1 unspecified atom stereocenters. The molecule has 1 aromatic heterocycles. The number of thiophene rings is 1. The summed E-state index contributed by atoms with van der Waals surface area (Å²) in [5.41, 5.74) is 1.73. The zero-order valence-electron chi connectivity index (χ0n) is 18.5. The number of likely N-dealkylation sites (N-methyl/N-ethyl adjacent to an activating group) is 1. The summed E-state index contributed by atoms with van der Waals surface area (Å²) in [4.78, 5) is 3.22. The minimum atomic E-state index is -3.94. The third-order valence-electron chi connectivity index (χ3n) is 5.85. The van der Waals surface area contributed by atoms with E-state index in [-0.39, 0.29) is 22.4 Å². The molecule has 2 heterocycles. The topological polar surface area (TPSA) is 92.8 Å². The molecule has 7 nitrogen and oxygen atoms in total. The molecule has 0 bridgehead atoms. The van der Waals surface area contributed by atoms with Gasteiger partial charge in [0.2, 0.25) is 0 Å². The maximum Gasteiger partial charge on any atom is 0.187 e. The van der Waals surface area contributed by atoms with E-state index in [9.17, 15) is 16.8 Å². The van der Waals surface area contributed by atoms with Gasteiger partial charge in [-0.1, -0.05) is 6.07 Å². The predicted octanol–water partition coefficient (Wildman–Crippen LogP) is 2.21. The molecule has 1 N–H and O–H groups in total. The highest BCUT2D eigenvalue weighted by molar-refractivity contribution is 7.96. The third kappa shape index (κ3) is 5.14. The van der Waals surface area contributed by atoms with E-state index in [1.54, 1.807) is 23.5 Å². The van der Waals surface area contributed by atoms with Gasteiger partial charge in [-0.25, -0.2) is 16.8 Å². The Morgan fingerprint density at radius 3 is 2.48 bits per heavy atom.